The predicted octanol–water partition coefficient (Wildman–Crippen LogP) is 3.23. The lowest BCUT2D eigenvalue weighted by atomic mass is 9.99. The molecule has 3 nitrogen and oxygen atoms in total. The normalized spacial score (nSPS) is 14.5. The first kappa shape index (κ1) is 11.4. The van der Waals surface area contributed by atoms with Gasteiger partial charge in [-0.15, -0.1) is 0 Å². The van der Waals surface area contributed by atoms with Crippen LogP contribution in [0.5, 0.6) is 0 Å². The quantitative estimate of drug-likeness (QED) is 0.631. The number of fused-ring (bicyclic) bond motifs is 3. The molecule has 1 saturated heterocycles. The Morgan fingerprint density at radius 3 is 2.65 bits per heavy atom. The third kappa shape index (κ3) is 1.59. The van der Waals surface area contributed by atoms with Gasteiger partial charge >= 0.3 is 0 Å². The summed E-state index contributed by atoms with van der Waals surface area (Å²) in [5.41, 5.74) is 1.53. The van der Waals surface area contributed by atoms with Crippen molar-refractivity contribution in [3.8, 4) is 0 Å². The van der Waals surface area contributed by atoms with Crippen LogP contribution in [0.3, 0.4) is 0 Å². The largest absolute Gasteiger partial charge is 0.338 e. The number of nitrogens with zero attached hydrogens (tertiary/aromatic N) is 2. The number of carbonyl (C=O) groups is 1. The summed E-state index contributed by atoms with van der Waals surface area (Å²) in [5.74, 6) is 0.103. The van der Waals surface area contributed by atoms with E-state index < -0.39 is 0 Å². The molecule has 2 heterocycles. The first-order chi connectivity index (χ1) is 9.84. The van der Waals surface area contributed by atoms with Gasteiger partial charge in [0.05, 0.1) is 11.1 Å². The van der Waals surface area contributed by atoms with Crippen LogP contribution in [0.1, 0.15) is 16.8 Å². The lowest BCUT2D eigenvalue weighted by molar-refractivity contribution is 0.0654. The van der Waals surface area contributed by atoms with Gasteiger partial charge < -0.3 is 4.90 Å². The van der Waals surface area contributed by atoms with E-state index in [2.05, 4.69) is 17.1 Å². The lowest BCUT2D eigenvalue weighted by Gasteiger charge is -2.31. The number of amides is 1. The van der Waals surface area contributed by atoms with E-state index in [1.165, 1.54) is 0 Å². The molecule has 1 aliphatic heterocycles. The summed E-state index contributed by atoms with van der Waals surface area (Å²) in [5, 5.41) is 3.29. The molecule has 20 heavy (non-hydrogen) atoms. The zero-order chi connectivity index (χ0) is 13.5. The zero-order valence-corrected chi connectivity index (χ0v) is 11.0. The van der Waals surface area contributed by atoms with E-state index in [1.54, 1.807) is 6.20 Å². The van der Waals surface area contributed by atoms with Gasteiger partial charge in [-0.2, -0.15) is 0 Å². The monoisotopic (exact) mass is 262 g/mol. The van der Waals surface area contributed by atoms with Gasteiger partial charge in [-0.1, -0.05) is 30.3 Å². The molecule has 0 atom stereocenters. The predicted molar refractivity (Wildman–Crippen MR) is 79.8 cm³/mol. The van der Waals surface area contributed by atoms with Crippen molar-refractivity contribution in [1.82, 2.24) is 9.88 Å². The fourth-order valence-corrected chi connectivity index (χ4v) is 2.78. The number of benzene rings is 2. The third-order valence-corrected chi connectivity index (χ3v) is 3.99. The Bertz CT molecular complexity index is 821. The van der Waals surface area contributed by atoms with Crippen LogP contribution < -0.4 is 0 Å². The van der Waals surface area contributed by atoms with E-state index >= 15 is 0 Å². The Morgan fingerprint density at radius 2 is 1.85 bits per heavy atom. The van der Waals surface area contributed by atoms with Crippen molar-refractivity contribution < 1.29 is 4.79 Å². The average molecular weight is 262 g/mol. The maximum atomic E-state index is 12.6. The second kappa shape index (κ2) is 4.30. The van der Waals surface area contributed by atoms with Crippen molar-refractivity contribution >= 4 is 27.6 Å². The second-order valence-electron chi connectivity index (χ2n) is 5.19. The fraction of sp³-hybridized carbons (Fsp3) is 0.176. The molecule has 0 saturated carbocycles. The summed E-state index contributed by atoms with van der Waals surface area (Å²) in [6, 6.07) is 14.1. The molecule has 1 aliphatic rings. The number of carbonyl (C=O) groups excluding carboxylic acids is 1. The van der Waals surface area contributed by atoms with Gasteiger partial charge in [0, 0.05) is 24.7 Å². The molecule has 1 amide bonds. The highest BCUT2D eigenvalue weighted by Gasteiger charge is 2.24. The maximum absolute atomic E-state index is 12.6. The molecule has 3 heteroatoms. The highest BCUT2D eigenvalue weighted by molar-refractivity contribution is 6.15. The van der Waals surface area contributed by atoms with Crippen LogP contribution in [0.4, 0.5) is 0 Å². The van der Waals surface area contributed by atoms with Crippen molar-refractivity contribution in [2.45, 2.75) is 6.42 Å². The Balaban J connectivity index is 2.04. The number of likely N-dealkylation sites (tertiary alicyclic amines) is 1. The minimum Gasteiger partial charge on any atom is -0.338 e. The van der Waals surface area contributed by atoms with E-state index in [4.69, 9.17) is 0 Å². The van der Waals surface area contributed by atoms with Crippen LogP contribution in [0.2, 0.25) is 0 Å². The van der Waals surface area contributed by atoms with Crippen LogP contribution in [-0.4, -0.2) is 28.9 Å². The Morgan fingerprint density at radius 1 is 1.05 bits per heavy atom. The van der Waals surface area contributed by atoms with Crippen molar-refractivity contribution in [1.29, 1.82) is 0 Å². The molecule has 0 aliphatic carbocycles. The number of hydrogen-bond acceptors (Lipinski definition) is 2. The van der Waals surface area contributed by atoms with Crippen LogP contribution in [0.15, 0.2) is 48.7 Å². The molecular formula is C17H14N2O. The minimum atomic E-state index is 0.103. The van der Waals surface area contributed by atoms with Gasteiger partial charge in [-0.25, -0.2) is 0 Å². The Hall–Kier alpha value is -2.42. The topological polar surface area (TPSA) is 33.2 Å². The second-order valence-corrected chi connectivity index (χ2v) is 5.19. The molecule has 2 aromatic carbocycles. The zero-order valence-electron chi connectivity index (χ0n) is 11.0. The van der Waals surface area contributed by atoms with Crippen LogP contribution in [0, 0.1) is 0 Å². The first-order valence-electron chi connectivity index (χ1n) is 6.90. The van der Waals surface area contributed by atoms with Crippen molar-refractivity contribution in [2.75, 3.05) is 13.1 Å². The third-order valence-electron chi connectivity index (χ3n) is 3.99. The van der Waals surface area contributed by atoms with Gasteiger partial charge in [0.25, 0.3) is 5.91 Å². The van der Waals surface area contributed by atoms with E-state index in [0.29, 0.717) is 0 Å². The summed E-state index contributed by atoms with van der Waals surface area (Å²) in [6.07, 6.45) is 2.86. The molecular weight excluding hydrogens is 248 g/mol. The van der Waals surface area contributed by atoms with E-state index in [-0.39, 0.29) is 5.91 Å². The maximum Gasteiger partial charge on any atom is 0.256 e. The highest BCUT2D eigenvalue weighted by Crippen LogP contribution is 2.28. The summed E-state index contributed by atoms with van der Waals surface area (Å²) in [4.78, 5) is 18.9. The van der Waals surface area contributed by atoms with Crippen molar-refractivity contribution in [3.63, 3.8) is 0 Å². The molecule has 3 aromatic rings. The van der Waals surface area contributed by atoms with E-state index in [0.717, 1.165) is 46.7 Å². The first-order valence-corrected chi connectivity index (χ1v) is 6.90. The van der Waals surface area contributed by atoms with Crippen LogP contribution in [0.25, 0.3) is 21.7 Å². The van der Waals surface area contributed by atoms with E-state index in [9.17, 15) is 4.79 Å². The standard InChI is InChI=1S/C17H14N2O/c20-17(19-9-4-10-19)15-11-12-5-1-2-6-13(12)14-7-3-8-18-16(14)15/h1-3,5-8,11H,4,9-10H2. The van der Waals surface area contributed by atoms with Gasteiger partial charge in [-0.3, -0.25) is 9.78 Å². The fourth-order valence-electron chi connectivity index (χ4n) is 2.78. The lowest BCUT2D eigenvalue weighted by Crippen LogP contribution is -2.42. The Labute approximate surface area is 116 Å². The van der Waals surface area contributed by atoms with Crippen molar-refractivity contribution in [2.24, 2.45) is 0 Å². The SMILES string of the molecule is O=C(c1cc2ccccc2c2cccnc12)N1CCC1. The van der Waals surface area contributed by atoms with Crippen LogP contribution >= 0.6 is 0 Å². The molecule has 4 rings (SSSR count). The smallest absolute Gasteiger partial charge is 0.256 e. The number of pyridine rings is 1. The highest BCUT2D eigenvalue weighted by atomic mass is 16.2. The van der Waals surface area contributed by atoms with Gasteiger partial charge in [0.1, 0.15) is 0 Å². The van der Waals surface area contributed by atoms with Crippen molar-refractivity contribution in [3.05, 3.63) is 54.2 Å². The van der Waals surface area contributed by atoms with Crippen LogP contribution in [-0.2, 0) is 0 Å². The van der Waals surface area contributed by atoms with Gasteiger partial charge in [-0.05, 0) is 29.3 Å². The molecule has 0 radical (unpaired) electrons. The van der Waals surface area contributed by atoms with E-state index in [1.807, 2.05) is 35.2 Å². The Kier molecular flexibility index (Phi) is 2.46. The summed E-state index contributed by atoms with van der Waals surface area (Å²) in [7, 11) is 0. The molecule has 98 valence electrons. The summed E-state index contributed by atoms with van der Waals surface area (Å²) >= 11 is 0. The molecule has 0 spiro atoms. The molecule has 0 bridgehead atoms. The summed E-state index contributed by atoms with van der Waals surface area (Å²) < 4.78 is 0. The molecule has 0 unspecified atom stereocenters. The molecule has 1 fully saturated rings. The van der Waals surface area contributed by atoms with Gasteiger partial charge in [0.15, 0.2) is 0 Å². The molecule has 0 N–H and O–H groups in total. The number of aromatic nitrogens is 1. The van der Waals surface area contributed by atoms with Gasteiger partial charge in [0.2, 0.25) is 0 Å². The number of rotatable bonds is 1. The number of hydrogen-bond donors (Lipinski definition) is 0. The summed E-state index contributed by atoms with van der Waals surface area (Å²) in [6.45, 7) is 1.72. The average Bonchev–Trinajstić information content (AvgIpc) is 2.44. The minimum absolute atomic E-state index is 0.103. The molecule has 1 aromatic heterocycles.